The Hall–Kier alpha value is -2.45. The van der Waals surface area contributed by atoms with E-state index in [9.17, 15) is 0 Å². The minimum absolute atomic E-state index is 0.676. The molecular weight excluding hydrogens is 496 g/mol. The van der Waals surface area contributed by atoms with Gasteiger partial charge in [0.2, 0.25) is 0 Å². The molecule has 184 valence electrons. The van der Waals surface area contributed by atoms with Gasteiger partial charge in [-0.05, 0) is 72.4 Å². The highest BCUT2D eigenvalue weighted by molar-refractivity contribution is 8.00. The summed E-state index contributed by atoms with van der Waals surface area (Å²) in [6.45, 7) is 9.60. The van der Waals surface area contributed by atoms with Crippen LogP contribution >= 0.6 is 35.5 Å². The Kier molecular flexibility index (Phi) is 11.0. The summed E-state index contributed by atoms with van der Waals surface area (Å²) in [6.07, 6.45) is 3.59. The van der Waals surface area contributed by atoms with Crippen LogP contribution in [0.1, 0.15) is 27.7 Å². The quantitative estimate of drug-likeness (QED) is 0.261. The largest absolute Gasteiger partial charge is 0.367 e. The molecule has 3 heterocycles. The Balaban J connectivity index is 0.000000815. The topological polar surface area (TPSA) is 50.3 Å². The van der Waals surface area contributed by atoms with Gasteiger partial charge in [-0.1, -0.05) is 51.4 Å². The van der Waals surface area contributed by atoms with Crippen molar-refractivity contribution in [2.24, 2.45) is 0 Å². The summed E-state index contributed by atoms with van der Waals surface area (Å²) >= 11 is 9.72. The third-order valence-electron chi connectivity index (χ3n) is 4.86. The fourth-order valence-electron chi connectivity index (χ4n) is 3.29. The summed E-state index contributed by atoms with van der Waals surface area (Å²) < 4.78 is 11.0. The second-order valence-electron chi connectivity index (χ2n) is 6.92. The van der Waals surface area contributed by atoms with Crippen molar-refractivity contribution in [3.8, 4) is 11.3 Å². The molecule has 1 N–H and O–H groups in total. The van der Waals surface area contributed by atoms with Crippen molar-refractivity contribution < 1.29 is 4.74 Å². The van der Waals surface area contributed by atoms with Crippen LogP contribution in [0, 0.1) is 0 Å². The van der Waals surface area contributed by atoms with Crippen molar-refractivity contribution in [1.82, 2.24) is 9.97 Å². The summed E-state index contributed by atoms with van der Waals surface area (Å²) in [5, 5.41) is 1.76. The first kappa shape index (κ1) is 27.1. The predicted octanol–water partition coefficient (Wildman–Crippen LogP) is 8.56. The van der Waals surface area contributed by atoms with Gasteiger partial charge in [-0.15, -0.1) is 0 Å². The maximum Gasteiger partial charge on any atom is 0.112 e. The first-order valence-corrected chi connectivity index (χ1v) is 13.9. The Labute approximate surface area is 221 Å². The first-order valence-electron chi connectivity index (χ1n) is 11.8. The van der Waals surface area contributed by atoms with Crippen LogP contribution in [0.2, 0.25) is 5.02 Å². The van der Waals surface area contributed by atoms with Crippen LogP contribution in [0.4, 0.5) is 11.4 Å². The lowest BCUT2D eigenvalue weighted by Gasteiger charge is -2.27. The smallest absolute Gasteiger partial charge is 0.112 e. The number of hydrogen-bond acceptors (Lipinski definition) is 7. The lowest BCUT2D eigenvalue weighted by atomic mass is 10.1. The van der Waals surface area contributed by atoms with Gasteiger partial charge in [0.15, 0.2) is 0 Å². The molecule has 5 nitrogen and oxygen atoms in total. The molecule has 0 saturated carbocycles. The SMILES string of the molecule is CC.CC.Clc1cc(N2CCOCS2)ccc1SNc1cccc(-c2ccc3cnccc3n2)c1. The van der Waals surface area contributed by atoms with Crippen molar-refractivity contribution in [1.29, 1.82) is 0 Å². The molecule has 0 spiro atoms. The number of halogens is 1. The van der Waals surface area contributed by atoms with Gasteiger partial charge in [-0.3, -0.25) is 4.98 Å². The Bertz CT molecular complexity index is 1220. The predicted molar refractivity (Wildman–Crippen MR) is 154 cm³/mol. The van der Waals surface area contributed by atoms with E-state index in [0.717, 1.165) is 56.6 Å². The number of pyridine rings is 2. The molecule has 0 radical (unpaired) electrons. The van der Waals surface area contributed by atoms with Crippen LogP contribution in [0.3, 0.4) is 0 Å². The standard InChI is InChI=1S/C23H19ClN4OS2.2C2H6/c24-20-13-19(28-10-11-29-15-30-28)5-7-23(20)31-27-18-3-1-2-16(12-18)21-6-4-17-14-25-9-8-22(17)26-21;2*1-2/h1-9,12-14,27H,10-11,15H2;2*1-2H3. The van der Waals surface area contributed by atoms with Gasteiger partial charge in [0, 0.05) is 39.6 Å². The molecule has 35 heavy (non-hydrogen) atoms. The molecule has 1 saturated heterocycles. The molecule has 8 heteroatoms. The maximum atomic E-state index is 6.55. The second kappa shape index (κ2) is 14.2. The molecule has 0 unspecified atom stereocenters. The van der Waals surface area contributed by atoms with Gasteiger partial charge in [0.1, 0.15) is 5.94 Å². The van der Waals surface area contributed by atoms with Gasteiger partial charge in [0.25, 0.3) is 0 Å². The molecule has 1 aliphatic heterocycles. The number of ether oxygens (including phenoxy) is 1. The molecule has 5 rings (SSSR count). The number of aromatic nitrogens is 2. The van der Waals surface area contributed by atoms with E-state index in [0.29, 0.717) is 5.94 Å². The number of nitrogens with one attached hydrogen (secondary N) is 1. The number of benzene rings is 2. The maximum absolute atomic E-state index is 6.55. The van der Waals surface area contributed by atoms with Crippen LogP contribution in [0.25, 0.3) is 22.2 Å². The zero-order chi connectivity index (χ0) is 25.0. The van der Waals surface area contributed by atoms with Crippen molar-refractivity contribution in [3.63, 3.8) is 0 Å². The van der Waals surface area contributed by atoms with E-state index in [1.807, 2.05) is 76.4 Å². The van der Waals surface area contributed by atoms with Crippen LogP contribution in [0.5, 0.6) is 0 Å². The fraction of sp³-hybridized carbons (Fsp3) is 0.259. The highest BCUT2D eigenvalue weighted by Crippen LogP contribution is 2.34. The molecule has 0 amide bonds. The third-order valence-corrected chi connectivity index (χ3v) is 7.18. The highest BCUT2D eigenvalue weighted by atomic mass is 35.5. The Morgan fingerprint density at radius 2 is 1.89 bits per heavy atom. The molecular formula is C27H31ClN4OS2. The summed E-state index contributed by atoms with van der Waals surface area (Å²) in [4.78, 5) is 9.89. The Morgan fingerprint density at radius 3 is 2.66 bits per heavy atom. The van der Waals surface area contributed by atoms with Crippen molar-refractivity contribution in [2.75, 3.05) is 28.1 Å². The number of rotatable bonds is 5. The normalized spacial score (nSPS) is 12.8. The van der Waals surface area contributed by atoms with Gasteiger partial charge >= 0.3 is 0 Å². The summed E-state index contributed by atoms with van der Waals surface area (Å²) in [7, 11) is 0. The molecule has 4 aromatic rings. The van der Waals surface area contributed by atoms with Crippen LogP contribution < -0.4 is 9.03 Å². The zero-order valence-electron chi connectivity index (χ0n) is 20.5. The Morgan fingerprint density at radius 1 is 1.03 bits per heavy atom. The van der Waals surface area contributed by atoms with E-state index < -0.39 is 0 Å². The van der Waals surface area contributed by atoms with Crippen LogP contribution in [-0.2, 0) is 4.74 Å². The minimum atomic E-state index is 0.676. The van der Waals surface area contributed by atoms with Crippen molar-refractivity contribution >= 4 is 57.8 Å². The van der Waals surface area contributed by atoms with Gasteiger partial charge < -0.3 is 13.8 Å². The zero-order valence-corrected chi connectivity index (χ0v) is 22.9. The van der Waals surface area contributed by atoms with E-state index in [2.05, 4.69) is 32.2 Å². The summed E-state index contributed by atoms with van der Waals surface area (Å²) in [5.41, 5.74) is 5.00. The number of hydrogen-bond donors (Lipinski definition) is 1. The molecule has 0 aliphatic carbocycles. The average molecular weight is 527 g/mol. The molecule has 1 fully saturated rings. The van der Waals surface area contributed by atoms with E-state index in [1.54, 1.807) is 18.1 Å². The highest BCUT2D eigenvalue weighted by Gasteiger charge is 2.14. The number of fused-ring (bicyclic) bond motifs is 1. The van der Waals surface area contributed by atoms with E-state index in [-0.39, 0.29) is 0 Å². The molecule has 0 bridgehead atoms. The first-order chi connectivity index (χ1) is 17.3. The van der Waals surface area contributed by atoms with Crippen LogP contribution in [0.15, 0.2) is 78.0 Å². The number of nitrogens with zero attached hydrogens (tertiary/aromatic N) is 3. The van der Waals surface area contributed by atoms with Crippen molar-refractivity contribution in [2.45, 2.75) is 32.6 Å². The minimum Gasteiger partial charge on any atom is -0.367 e. The lowest BCUT2D eigenvalue weighted by Crippen LogP contribution is -2.26. The van der Waals surface area contributed by atoms with E-state index >= 15 is 0 Å². The molecule has 2 aromatic carbocycles. The fourth-order valence-corrected chi connectivity index (χ4v) is 5.01. The molecule has 2 aromatic heterocycles. The molecule has 0 atom stereocenters. The number of anilines is 2. The summed E-state index contributed by atoms with van der Waals surface area (Å²) in [5.74, 6) is 0.676. The summed E-state index contributed by atoms with van der Waals surface area (Å²) in [6, 6.07) is 20.4. The van der Waals surface area contributed by atoms with E-state index in [4.69, 9.17) is 21.3 Å². The monoisotopic (exact) mass is 526 g/mol. The van der Waals surface area contributed by atoms with Gasteiger partial charge in [-0.2, -0.15) is 0 Å². The second-order valence-corrected chi connectivity index (χ2v) is 9.11. The van der Waals surface area contributed by atoms with Crippen LogP contribution in [-0.4, -0.2) is 29.1 Å². The van der Waals surface area contributed by atoms with Crippen molar-refractivity contribution in [3.05, 3.63) is 78.1 Å². The lowest BCUT2D eigenvalue weighted by molar-refractivity contribution is 0.184. The van der Waals surface area contributed by atoms with Gasteiger partial charge in [-0.25, -0.2) is 4.98 Å². The van der Waals surface area contributed by atoms with E-state index in [1.165, 1.54) is 11.9 Å². The third kappa shape index (κ3) is 7.27. The molecule has 1 aliphatic rings. The average Bonchev–Trinajstić information content (AvgIpc) is 2.95. The van der Waals surface area contributed by atoms with Gasteiger partial charge in [0.05, 0.1) is 29.4 Å².